The van der Waals surface area contributed by atoms with Crippen molar-refractivity contribution in [2.24, 2.45) is 0 Å². The Labute approximate surface area is 129 Å². The largest absolute Gasteiger partial charge is 0.362 e. The first-order chi connectivity index (χ1) is 10.7. The van der Waals surface area contributed by atoms with Crippen molar-refractivity contribution < 1.29 is 9.18 Å². The highest BCUT2D eigenvalue weighted by atomic mass is 19.1. The molecule has 0 aromatic heterocycles. The molecule has 0 spiro atoms. The van der Waals surface area contributed by atoms with Crippen molar-refractivity contribution in [3.05, 3.63) is 65.5 Å². The van der Waals surface area contributed by atoms with Crippen molar-refractivity contribution in [2.75, 3.05) is 18.0 Å². The number of anilines is 1. The molecule has 0 aliphatic carbocycles. The Morgan fingerprint density at radius 1 is 1.14 bits per heavy atom. The van der Waals surface area contributed by atoms with Crippen molar-refractivity contribution in [2.45, 2.75) is 19.4 Å². The minimum atomic E-state index is -0.264. The molecule has 2 aromatic rings. The molecule has 0 saturated heterocycles. The molecule has 1 aliphatic heterocycles. The molecule has 3 nitrogen and oxygen atoms in total. The summed E-state index contributed by atoms with van der Waals surface area (Å²) in [5.74, 6) is -0.277. The van der Waals surface area contributed by atoms with Gasteiger partial charge in [-0.05, 0) is 42.2 Å². The summed E-state index contributed by atoms with van der Waals surface area (Å²) in [6.45, 7) is 1.69. The molecule has 0 fully saturated rings. The molecule has 114 valence electrons. The van der Waals surface area contributed by atoms with Crippen molar-refractivity contribution in [3.63, 3.8) is 0 Å². The molecular weight excluding hydrogens is 279 g/mol. The van der Waals surface area contributed by atoms with E-state index in [-0.39, 0.29) is 11.7 Å². The van der Waals surface area contributed by atoms with Crippen molar-refractivity contribution >= 4 is 11.6 Å². The van der Waals surface area contributed by atoms with Gasteiger partial charge in [0, 0.05) is 18.8 Å². The summed E-state index contributed by atoms with van der Waals surface area (Å²) in [6, 6.07) is 14.4. The van der Waals surface area contributed by atoms with E-state index in [1.165, 1.54) is 17.7 Å². The second-order valence-corrected chi connectivity index (χ2v) is 5.56. The molecule has 22 heavy (non-hydrogen) atoms. The topological polar surface area (TPSA) is 32.3 Å². The van der Waals surface area contributed by atoms with Gasteiger partial charge in [-0.15, -0.1) is 0 Å². The summed E-state index contributed by atoms with van der Waals surface area (Å²) < 4.78 is 12.8. The average Bonchev–Trinajstić information content (AvgIpc) is 2.55. The van der Waals surface area contributed by atoms with E-state index >= 15 is 0 Å². The van der Waals surface area contributed by atoms with E-state index in [2.05, 4.69) is 22.3 Å². The van der Waals surface area contributed by atoms with Crippen LogP contribution >= 0.6 is 0 Å². The summed E-state index contributed by atoms with van der Waals surface area (Å²) in [4.78, 5) is 14.3. The minimum absolute atomic E-state index is 0.0129. The zero-order chi connectivity index (χ0) is 15.4. The van der Waals surface area contributed by atoms with Crippen LogP contribution in [-0.4, -0.2) is 19.0 Å². The van der Waals surface area contributed by atoms with Gasteiger partial charge in [-0.1, -0.05) is 30.3 Å². The number of aryl methyl sites for hydroxylation is 1. The Morgan fingerprint density at radius 3 is 2.73 bits per heavy atom. The fourth-order valence-corrected chi connectivity index (χ4v) is 2.81. The number of carbonyl (C=O) groups is 1. The van der Waals surface area contributed by atoms with Crippen LogP contribution in [0.2, 0.25) is 0 Å². The Morgan fingerprint density at radius 2 is 1.91 bits per heavy atom. The maximum Gasteiger partial charge on any atom is 0.239 e. The normalized spacial score (nSPS) is 13.6. The van der Waals surface area contributed by atoms with Gasteiger partial charge in [0.1, 0.15) is 5.82 Å². The number of hydrogen-bond acceptors (Lipinski definition) is 2. The van der Waals surface area contributed by atoms with Gasteiger partial charge in [0.15, 0.2) is 0 Å². The van der Waals surface area contributed by atoms with Gasteiger partial charge in [0.25, 0.3) is 0 Å². The Bertz CT molecular complexity index is 654. The fourth-order valence-electron chi connectivity index (χ4n) is 2.81. The third-order valence-electron chi connectivity index (χ3n) is 3.94. The molecule has 1 aliphatic rings. The lowest BCUT2D eigenvalue weighted by Crippen LogP contribution is -2.39. The summed E-state index contributed by atoms with van der Waals surface area (Å²) >= 11 is 0. The van der Waals surface area contributed by atoms with Crippen LogP contribution < -0.4 is 10.2 Å². The van der Waals surface area contributed by atoms with Crippen LogP contribution in [0.1, 0.15) is 17.5 Å². The lowest BCUT2D eigenvalue weighted by molar-refractivity contribution is -0.119. The second kappa shape index (κ2) is 6.60. The summed E-state index contributed by atoms with van der Waals surface area (Å²) in [7, 11) is 0. The van der Waals surface area contributed by atoms with E-state index in [9.17, 15) is 9.18 Å². The molecule has 4 heteroatoms. The van der Waals surface area contributed by atoms with Crippen LogP contribution in [-0.2, 0) is 17.8 Å². The lowest BCUT2D eigenvalue weighted by Gasteiger charge is -2.30. The molecule has 1 N–H and O–H groups in total. The monoisotopic (exact) mass is 298 g/mol. The molecule has 0 saturated carbocycles. The van der Waals surface area contributed by atoms with Crippen LogP contribution in [0, 0.1) is 5.82 Å². The number of carbonyl (C=O) groups excluding carboxylic acids is 1. The average molecular weight is 298 g/mol. The first kappa shape index (κ1) is 14.6. The number of benzene rings is 2. The van der Waals surface area contributed by atoms with Crippen molar-refractivity contribution in [1.29, 1.82) is 0 Å². The number of amides is 1. The first-order valence-corrected chi connectivity index (χ1v) is 7.56. The van der Waals surface area contributed by atoms with Gasteiger partial charge >= 0.3 is 0 Å². The number of fused-ring (bicyclic) bond motifs is 1. The molecule has 0 atom stereocenters. The molecule has 1 heterocycles. The molecule has 0 unspecified atom stereocenters. The summed E-state index contributed by atoms with van der Waals surface area (Å²) in [5.41, 5.74) is 3.36. The predicted molar refractivity (Wildman–Crippen MR) is 85.2 cm³/mol. The van der Waals surface area contributed by atoms with Gasteiger partial charge in [-0.3, -0.25) is 4.79 Å². The minimum Gasteiger partial charge on any atom is -0.362 e. The van der Waals surface area contributed by atoms with Gasteiger partial charge in [-0.2, -0.15) is 0 Å². The SMILES string of the molecule is O=C(CN1CCCc2ccccc21)NCc1ccc(F)cc1. The smallest absolute Gasteiger partial charge is 0.239 e. The molecule has 2 aromatic carbocycles. The Hall–Kier alpha value is -2.36. The summed E-state index contributed by atoms with van der Waals surface area (Å²) in [6.07, 6.45) is 2.14. The van der Waals surface area contributed by atoms with Crippen LogP contribution in [0.5, 0.6) is 0 Å². The van der Waals surface area contributed by atoms with E-state index < -0.39 is 0 Å². The number of halogens is 1. The second-order valence-electron chi connectivity index (χ2n) is 5.56. The van der Waals surface area contributed by atoms with Crippen LogP contribution in [0.4, 0.5) is 10.1 Å². The lowest BCUT2D eigenvalue weighted by atomic mass is 10.0. The number of nitrogens with zero attached hydrogens (tertiary/aromatic N) is 1. The Kier molecular flexibility index (Phi) is 4.37. The van der Waals surface area contributed by atoms with Crippen molar-refractivity contribution in [1.82, 2.24) is 5.32 Å². The van der Waals surface area contributed by atoms with Crippen molar-refractivity contribution in [3.8, 4) is 0 Å². The van der Waals surface area contributed by atoms with Crippen LogP contribution in [0.3, 0.4) is 0 Å². The molecule has 0 radical (unpaired) electrons. The number of rotatable bonds is 4. The van der Waals surface area contributed by atoms with Gasteiger partial charge < -0.3 is 10.2 Å². The standard InChI is InChI=1S/C18H19FN2O/c19-16-9-7-14(8-10-16)12-20-18(22)13-21-11-3-5-15-4-1-2-6-17(15)21/h1-2,4,6-10H,3,5,11-13H2,(H,20,22). The Balaban J connectivity index is 1.57. The van der Waals surface area contributed by atoms with E-state index in [0.29, 0.717) is 13.1 Å². The number of hydrogen-bond donors (Lipinski definition) is 1. The quantitative estimate of drug-likeness (QED) is 0.941. The van der Waals surface area contributed by atoms with E-state index in [1.807, 2.05) is 12.1 Å². The van der Waals surface area contributed by atoms with E-state index in [4.69, 9.17) is 0 Å². The first-order valence-electron chi connectivity index (χ1n) is 7.56. The van der Waals surface area contributed by atoms with Gasteiger partial charge in [0.05, 0.1) is 6.54 Å². The highest BCUT2D eigenvalue weighted by Gasteiger charge is 2.18. The maximum atomic E-state index is 12.8. The van der Waals surface area contributed by atoms with Gasteiger partial charge in [0.2, 0.25) is 5.91 Å². The zero-order valence-corrected chi connectivity index (χ0v) is 12.4. The number of nitrogens with one attached hydrogen (secondary N) is 1. The maximum absolute atomic E-state index is 12.8. The highest BCUT2D eigenvalue weighted by molar-refractivity contribution is 5.81. The molecule has 3 rings (SSSR count). The third kappa shape index (κ3) is 3.45. The van der Waals surface area contributed by atoms with Crippen LogP contribution in [0.25, 0.3) is 0 Å². The number of para-hydroxylation sites is 1. The zero-order valence-electron chi connectivity index (χ0n) is 12.4. The fraction of sp³-hybridized carbons (Fsp3) is 0.278. The predicted octanol–water partition coefficient (Wildman–Crippen LogP) is 2.89. The summed E-state index contributed by atoms with van der Waals surface area (Å²) in [5, 5.41) is 2.89. The third-order valence-corrected chi connectivity index (χ3v) is 3.94. The molecular formula is C18H19FN2O. The van der Waals surface area contributed by atoms with E-state index in [0.717, 1.165) is 30.6 Å². The van der Waals surface area contributed by atoms with E-state index in [1.54, 1.807) is 12.1 Å². The van der Waals surface area contributed by atoms with Crippen LogP contribution in [0.15, 0.2) is 48.5 Å². The molecule has 1 amide bonds. The highest BCUT2D eigenvalue weighted by Crippen LogP contribution is 2.26. The molecule has 0 bridgehead atoms. The van der Waals surface area contributed by atoms with Gasteiger partial charge in [-0.25, -0.2) is 4.39 Å².